The number of carbonyl (C=O) groups excluding carboxylic acids is 1. The van der Waals surface area contributed by atoms with Crippen LogP contribution in [0.25, 0.3) is 10.9 Å². The van der Waals surface area contributed by atoms with E-state index in [1.165, 1.54) is 0 Å². The summed E-state index contributed by atoms with van der Waals surface area (Å²) in [6, 6.07) is 20.7. The zero-order chi connectivity index (χ0) is 20.2. The van der Waals surface area contributed by atoms with E-state index >= 15 is 0 Å². The topological polar surface area (TPSA) is 96.7 Å². The molecule has 0 saturated carbocycles. The number of anilines is 1. The molecular formula is C23H19N5O. The average Bonchev–Trinajstić information content (AvgIpc) is 3.10. The standard InChI is InChI=1S/C23H19N5O/c24-13-17-2-1-3-18(10-17)15-28-21-5-4-20(25)11-19(21)12-22(28)23(29)27-14-16-6-8-26-9-7-16/h1-12H,14-15,25H2,(H,27,29). The zero-order valence-corrected chi connectivity index (χ0v) is 15.7. The van der Waals surface area contributed by atoms with Crippen LogP contribution < -0.4 is 11.1 Å². The number of pyridine rings is 1. The predicted octanol–water partition coefficient (Wildman–Crippen LogP) is 3.47. The number of carbonyl (C=O) groups is 1. The number of nitrogens with one attached hydrogen (secondary N) is 1. The van der Waals surface area contributed by atoms with Crippen molar-refractivity contribution in [1.29, 1.82) is 5.26 Å². The normalized spacial score (nSPS) is 10.6. The van der Waals surface area contributed by atoms with Gasteiger partial charge in [-0.3, -0.25) is 9.78 Å². The summed E-state index contributed by atoms with van der Waals surface area (Å²) in [7, 11) is 0. The van der Waals surface area contributed by atoms with Gasteiger partial charge in [0.05, 0.1) is 11.6 Å². The molecule has 0 fully saturated rings. The fourth-order valence-corrected chi connectivity index (χ4v) is 3.34. The van der Waals surface area contributed by atoms with Crippen molar-refractivity contribution in [2.45, 2.75) is 13.1 Å². The maximum Gasteiger partial charge on any atom is 0.268 e. The third-order valence-corrected chi connectivity index (χ3v) is 4.76. The number of amides is 1. The summed E-state index contributed by atoms with van der Waals surface area (Å²) in [5, 5.41) is 13.0. The zero-order valence-electron chi connectivity index (χ0n) is 15.7. The third-order valence-electron chi connectivity index (χ3n) is 4.76. The first-order chi connectivity index (χ1) is 14.1. The van der Waals surface area contributed by atoms with Crippen LogP contribution in [0.1, 0.15) is 27.2 Å². The molecule has 4 aromatic rings. The summed E-state index contributed by atoms with van der Waals surface area (Å²) < 4.78 is 1.95. The van der Waals surface area contributed by atoms with E-state index in [0.717, 1.165) is 22.0 Å². The summed E-state index contributed by atoms with van der Waals surface area (Å²) in [4.78, 5) is 17.0. The van der Waals surface area contributed by atoms with Crippen molar-refractivity contribution in [3.05, 3.63) is 95.4 Å². The van der Waals surface area contributed by atoms with Gasteiger partial charge in [0.1, 0.15) is 5.69 Å². The minimum atomic E-state index is -0.173. The van der Waals surface area contributed by atoms with E-state index in [0.29, 0.717) is 30.0 Å². The lowest BCUT2D eigenvalue weighted by atomic mass is 10.1. The Balaban J connectivity index is 1.69. The second kappa shape index (κ2) is 7.87. The van der Waals surface area contributed by atoms with Crippen molar-refractivity contribution in [3.8, 4) is 6.07 Å². The smallest absolute Gasteiger partial charge is 0.268 e. The van der Waals surface area contributed by atoms with Gasteiger partial charge in [0.2, 0.25) is 0 Å². The van der Waals surface area contributed by atoms with Crippen molar-refractivity contribution < 1.29 is 4.79 Å². The molecule has 6 nitrogen and oxygen atoms in total. The van der Waals surface area contributed by atoms with Gasteiger partial charge < -0.3 is 15.6 Å². The van der Waals surface area contributed by atoms with E-state index in [1.807, 2.05) is 59.2 Å². The lowest BCUT2D eigenvalue weighted by Crippen LogP contribution is -2.25. The van der Waals surface area contributed by atoms with Crippen molar-refractivity contribution in [3.63, 3.8) is 0 Å². The second-order valence-electron chi connectivity index (χ2n) is 6.78. The van der Waals surface area contributed by atoms with Crippen LogP contribution >= 0.6 is 0 Å². The average molecular weight is 381 g/mol. The molecule has 3 N–H and O–H groups in total. The van der Waals surface area contributed by atoms with Gasteiger partial charge in [-0.05, 0) is 59.7 Å². The van der Waals surface area contributed by atoms with Crippen molar-refractivity contribution in [2.24, 2.45) is 0 Å². The quantitative estimate of drug-likeness (QED) is 0.517. The highest BCUT2D eigenvalue weighted by Crippen LogP contribution is 2.24. The molecule has 2 aromatic carbocycles. The fourth-order valence-electron chi connectivity index (χ4n) is 3.34. The summed E-state index contributed by atoms with van der Waals surface area (Å²) >= 11 is 0. The number of nitrogens with zero attached hydrogens (tertiary/aromatic N) is 3. The number of benzene rings is 2. The molecule has 2 aromatic heterocycles. The van der Waals surface area contributed by atoms with Crippen molar-refractivity contribution in [1.82, 2.24) is 14.9 Å². The van der Waals surface area contributed by atoms with Crippen LogP contribution in [0.5, 0.6) is 0 Å². The molecule has 0 aliphatic heterocycles. The molecule has 2 heterocycles. The number of nitrogen functional groups attached to an aromatic ring is 1. The Morgan fingerprint density at radius 2 is 1.90 bits per heavy atom. The van der Waals surface area contributed by atoms with Crippen molar-refractivity contribution >= 4 is 22.5 Å². The molecule has 1 amide bonds. The van der Waals surface area contributed by atoms with Gasteiger partial charge in [0, 0.05) is 42.1 Å². The summed E-state index contributed by atoms with van der Waals surface area (Å²) in [5.74, 6) is -0.173. The molecule has 0 aliphatic rings. The van der Waals surface area contributed by atoms with Gasteiger partial charge in [0.15, 0.2) is 0 Å². The lowest BCUT2D eigenvalue weighted by molar-refractivity contribution is 0.0942. The minimum absolute atomic E-state index is 0.173. The first-order valence-corrected chi connectivity index (χ1v) is 9.19. The van der Waals surface area contributed by atoms with E-state index in [2.05, 4.69) is 16.4 Å². The number of nitriles is 1. The Morgan fingerprint density at radius 1 is 1.07 bits per heavy atom. The predicted molar refractivity (Wildman–Crippen MR) is 112 cm³/mol. The van der Waals surface area contributed by atoms with Crippen LogP contribution in [0.4, 0.5) is 5.69 Å². The first-order valence-electron chi connectivity index (χ1n) is 9.19. The van der Waals surface area contributed by atoms with Crippen LogP contribution in [0.2, 0.25) is 0 Å². The molecule has 0 spiro atoms. The summed E-state index contributed by atoms with van der Waals surface area (Å²) in [5.41, 5.74) is 10.5. The molecule has 0 aliphatic carbocycles. The molecule has 0 saturated heterocycles. The first kappa shape index (κ1) is 18.3. The molecule has 0 atom stereocenters. The Bertz CT molecular complexity index is 1220. The number of hydrogen-bond acceptors (Lipinski definition) is 4. The molecule has 6 heteroatoms. The van der Waals surface area contributed by atoms with Crippen LogP contribution in [0.3, 0.4) is 0 Å². The molecule has 29 heavy (non-hydrogen) atoms. The van der Waals surface area contributed by atoms with Gasteiger partial charge in [-0.2, -0.15) is 5.26 Å². The largest absolute Gasteiger partial charge is 0.399 e. The van der Waals surface area contributed by atoms with Gasteiger partial charge in [-0.1, -0.05) is 12.1 Å². The SMILES string of the molecule is N#Cc1cccc(Cn2c(C(=O)NCc3ccncc3)cc3cc(N)ccc32)c1. The van der Waals surface area contributed by atoms with E-state index < -0.39 is 0 Å². The van der Waals surface area contributed by atoms with Gasteiger partial charge >= 0.3 is 0 Å². The lowest BCUT2D eigenvalue weighted by Gasteiger charge is -2.12. The van der Waals surface area contributed by atoms with Gasteiger partial charge in [-0.25, -0.2) is 0 Å². The molecule has 0 unspecified atom stereocenters. The number of aromatic nitrogens is 2. The number of nitrogens with two attached hydrogens (primary N) is 1. The molecule has 0 bridgehead atoms. The van der Waals surface area contributed by atoms with E-state index in [4.69, 9.17) is 5.73 Å². The minimum Gasteiger partial charge on any atom is -0.399 e. The van der Waals surface area contributed by atoms with E-state index in [9.17, 15) is 10.1 Å². The fraction of sp³-hybridized carbons (Fsp3) is 0.0870. The highest BCUT2D eigenvalue weighted by atomic mass is 16.1. The molecule has 0 radical (unpaired) electrons. The number of fused-ring (bicyclic) bond motifs is 1. The van der Waals surface area contributed by atoms with Gasteiger partial charge in [0.25, 0.3) is 5.91 Å². The van der Waals surface area contributed by atoms with Gasteiger partial charge in [-0.15, -0.1) is 0 Å². The van der Waals surface area contributed by atoms with Crippen molar-refractivity contribution in [2.75, 3.05) is 5.73 Å². The Labute approximate surface area is 168 Å². The van der Waals surface area contributed by atoms with E-state index in [1.54, 1.807) is 18.5 Å². The Kier molecular flexibility index (Phi) is 4.95. The van der Waals surface area contributed by atoms with Crippen LogP contribution in [0, 0.1) is 11.3 Å². The number of hydrogen-bond donors (Lipinski definition) is 2. The summed E-state index contributed by atoms with van der Waals surface area (Å²) in [6.07, 6.45) is 3.40. The third kappa shape index (κ3) is 3.94. The Hall–Kier alpha value is -4.11. The molecule has 4 rings (SSSR count). The Morgan fingerprint density at radius 3 is 2.69 bits per heavy atom. The highest BCUT2D eigenvalue weighted by molar-refractivity contribution is 5.99. The maximum absolute atomic E-state index is 13.0. The molecular weight excluding hydrogens is 362 g/mol. The summed E-state index contributed by atoms with van der Waals surface area (Å²) in [6.45, 7) is 0.885. The van der Waals surface area contributed by atoms with E-state index in [-0.39, 0.29) is 5.91 Å². The monoisotopic (exact) mass is 381 g/mol. The highest BCUT2D eigenvalue weighted by Gasteiger charge is 2.16. The van der Waals surface area contributed by atoms with Crippen LogP contribution in [-0.2, 0) is 13.1 Å². The maximum atomic E-state index is 13.0. The second-order valence-corrected chi connectivity index (χ2v) is 6.78. The van der Waals surface area contributed by atoms with Crippen LogP contribution in [-0.4, -0.2) is 15.5 Å². The van der Waals surface area contributed by atoms with Crippen LogP contribution in [0.15, 0.2) is 73.1 Å². The molecule has 142 valence electrons. The number of rotatable bonds is 5.